The summed E-state index contributed by atoms with van der Waals surface area (Å²) in [6, 6.07) is 2.01. The van der Waals surface area contributed by atoms with E-state index in [1.54, 1.807) is 41.5 Å². The number of nitrogens with two attached hydrogens (primary N) is 1. The normalized spacial score (nSPS) is 16.0. The number of rotatable bonds is 29. The molecule has 6 atom stereocenters. The van der Waals surface area contributed by atoms with E-state index < -0.39 is 80.3 Å². The molecule has 0 bridgehead atoms. The van der Waals surface area contributed by atoms with Gasteiger partial charge in [-0.3, -0.25) is 38.3 Å². The lowest BCUT2D eigenvalue weighted by Gasteiger charge is -2.28. The number of benzene rings is 1. The van der Waals surface area contributed by atoms with Gasteiger partial charge in [-0.2, -0.15) is 0 Å². The number of aryl methyl sites for hydroxylation is 1. The monoisotopic (exact) mass is 1020 g/mol. The number of oxime groups is 1. The molecule has 25 heteroatoms. The number of primary amides is 1. The van der Waals surface area contributed by atoms with E-state index in [0.717, 1.165) is 25.3 Å². The largest absolute Gasteiger partial charge is 0.488 e. The van der Waals surface area contributed by atoms with Crippen molar-refractivity contribution in [2.24, 2.45) is 16.8 Å². The summed E-state index contributed by atoms with van der Waals surface area (Å²) in [6.45, 7) is 6.61. The lowest BCUT2D eigenvalue weighted by molar-refractivity contribution is -0.139. The fourth-order valence-electron chi connectivity index (χ4n) is 7.56. The number of amides is 6. The number of carbonyl (C=O) groups is 6. The zero-order valence-corrected chi connectivity index (χ0v) is 41.2. The summed E-state index contributed by atoms with van der Waals surface area (Å²) in [5.41, 5.74) is 7.42. The van der Waals surface area contributed by atoms with Gasteiger partial charge in [0.05, 0.1) is 25.3 Å². The Morgan fingerprint density at radius 3 is 2.34 bits per heavy atom. The number of pyridine rings is 1. The van der Waals surface area contributed by atoms with Crippen molar-refractivity contribution in [2.45, 2.75) is 129 Å². The SMILES string of the molecule is CC(=O)N1CCC[C@H]1C(=O)N[C@@H](CC(C)C)C(=O)N[C@@H](Cc1cncn1CCCCCCO/N=C\c1cc(Cl)ccc1OCc1cccnc1)C(=O)N[C@@H](CO)C(=O)N[C@H](C(N)=O)[C@@H](C)OP(=O)(O)O. The standard InChI is InChI=1S/C45H64ClN10O13P/c1-28(2)19-35(52-45(63)38-12-10-17-56(38)30(4)58)42(60)51-36(43(61)53-37(25-57)44(62)54-40(41(47)59)29(3)69-70(64,65)66)21-34-24-49-27-55(34)16-7-5-6-8-18-68-50-23-32-20-33(46)13-14-39(32)67-26-31-11-9-15-48-22-31/h9,11,13-15,20,22-24,27-29,35-38,40,57H,5-8,10,12,16-19,21,25-26H2,1-4H3,(H2,47,59)(H,51,60)(H,52,63)(H,53,61)(H,54,62)(H2,64,65,66)/b50-23-/t29-,35+,36+,37+,38+,40+/m1/s1. The molecule has 6 amide bonds. The third kappa shape index (κ3) is 18.7. The lowest BCUT2D eigenvalue weighted by Crippen LogP contribution is -2.61. The quantitative estimate of drug-likeness (QED) is 0.0212. The first kappa shape index (κ1) is 56.6. The molecule has 0 aliphatic carbocycles. The molecule has 1 saturated heterocycles. The van der Waals surface area contributed by atoms with E-state index in [4.69, 9.17) is 26.9 Å². The third-order valence-electron chi connectivity index (χ3n) is 11.1. The first-order chi connectivity index (χ1) is 33.3. The summed E-state index contributed by atoms with van der Waals surface area (Å²) >= 11 is 6.21. The molecule has 0 spiro atoms. The minimum absolute atomic E-state index is 0.111. The molecule has 0 saturated carbocycles. The van der Waals surface area contributed by atoms with E-state index in [1.165, 1.54) is 24.2 Å². The maximum Gasteiger partial charge on any atom is 0.469 e. The fraction of sp³-hybridized carbons (Fsp3) is 0.533. The van der Waals surface area contributed by atoms with Crippen LogP contribution >= 0.6 is 19.4 Å². The van der Waals surface area contributed by atoms with E-state index in [2.05, 4.69) is 40.9 Å². The number of nitrogens with zero attached hydrogens (tertiary/aromatic N) is 5. The second-order valence-corrected chi connectivity index (χ2v) is 18.8. The number of carbonyl (C=O) groups excluding carboxylic acids is 6. The second kappa shape index (κ2) is 28.0. The molecular weight excluding hydrogens is 955 g/mol. The van der Waals surface area contributed by atoms with Gasteiger partial charge in [-0.15, -0.1) is 0 Å². The van der Waals surface area contributed by atoms with E-state index in [1.807, 2.05) is 26.0 Å². The highest BCUT2D eigenvalue weighted by Gasteiger charge is 2.37. The molecule has 9 N–H and O–H groups in total. The highest BCUT2D eigenvalue weighted by atomic mass is 35.5. The number of aliphatic hydroxyl groups excluding tert-OH is 1. The van der Waals surface area contributed by atoms with Gasteiger partial charge in [0, 0.05) is 66.9 Å². The Kier molecular flexibility index (Phi) is 22.7. The minimum atomic E-state index is -5.13. The highest BCUT2D eigenvalue weighted by molar-refractivity contribution is 7.46. The number of phosphoric acid groups is 1. The number of hydrogen-bond donors (Lipinski definition) is 8. The van der Waals surface area contributed by atoms with Crippen molar-refractivity contribution in [2.75, 3.05) is 19.8 Å². The number of hydrogen-bond acceptors (Lipinski definition) is 14. The molecule has 0 unspecified atom stereocenters. The van der Waals surface area contributed by atoms with Crippen LogP contribution in [0.3, 0.4) is 0 Å². The number of aromatic nitrogens is 3. The van der Waals surface area contributed by atoms with Crippen LogP contribution in [0.1, 0.15) is 89.5 Å². The zero-order valence-electron chi connectivity index (χ0n) is 39.6. The summed E-state index contributed by atoms with van der Waals surface area (Å²) in [5, 5.41) is 24.8. The van der Waals surface area contributed by atoms with E-state index in [9.17, 15) is 48.2 Å². The van der Waals surface area contributed by atoms with Crippen molar-refractivity contribution in [3.05, 3.63) is 77.1 Å². The first-order valence-corrected chi connectivity index (χ1v) is 24.8. The molecule has 1 fully saturated rings. The molecule has 23 nitrogen and oxygen atoms in total. The highest BCUT2D eigenvalue weighted by Crippen LogP contribution is 2.38. The molecule has 3 heterocycles. The van der Waals surface area contributed by atoms with Crippen LogP contribution in [0.5, 0.6) is 5.75 Å². The van der Waals surface area contributed by atoms with Crippen LogP contribution in [0.4, 0.5) is 0 Å². The summed E-state index contributed by atoms with van der Waals surface area (Å²) in [4.78, 5) is 113. The molecule has 4 rings (SSSR count). The smallest absolute Gasteiger partial charge is 0.469 e. The molecular formula is C45H64ClN10O13P. The number of ether oxygens (including phenoxy) is 1. The Hall–Kier alpha value is -5.97. The molecule has 2 aromatic heterocycles. The Morgan fingerprint density at radius 1 is 0.957 bits per heavy atom. The molecule has 384 valence electrons. The fourth-order valence-corrected chi connectivity index (χ4v) is 8.30. The van der Waals surface area contributed by atoms with Crippen LogP contribution in [0, 0.1) is 5.92 Å². The Bertz CT molecular complexity index is 2300. The summed E-state index contributed by atoms with van der Waals surface area (Å²) < 4.78 is 23.7. The molecule has 0 radical (unpaired) electrons. The van der Waals surface area contributed by atoms with Crippen molar-refractivity contribution >= 4 is 61.1 Å². The van der Waals surface area contributed by atoms with Crippen molar-refractivity contribution < 1.29 is 62.3 Å². The number of likely N-dealkylation sites (tertiary alicyclic amines) is 1. The summed E-state index contributed by atoms with van der Waals surface area (Å²) in [6.07, 6.45) is 10.3. The van der Waals surface area contributed by atoms with Crippen LogP contribution in [0.25, 0.3) is 0 Å². The Balaban J connectivity index is 1.41. The maximum absolute atomic E-state index is 14.1. The summed E-state index contributed by atoms with van der Waals surface area (Å²) in [5.74, 6) is -4.44. The molecule has 1 aliphatic rings. The number of imidazole rings is 1. The van der Waals surface area contributed by atoms with Gasteiger partial charge in [-0.25, -0.2) is 9.55 Å². The van der Waals surface area contributed by atoms with E-state index in [0.29, 0.717) is 74.0 Å². The predicted octanol–water partition coefficient (Wildman–Crippen LogP) is 1.64. The van der Waals surface area contributed by atoms with Crippen molar-refractivity contribution in [1.29, 1.82) is 0 Å². The van der Waals surface area contributed by atoms with E-state index in [-0.39, 0.29) is 24.7 Å². The van der Waals surface area contributed by atoms with E-state index >= 15 is 0 Å². The molecule has 3 aromatic rings. The van der Waals surface area contributed by atoms with Crippen LogP contribution in [-0.2, 0) is 62.3 Å². The second-order valence-electron chi connectivity index (χ2n) is 17.2. The van der Waals surface area contributed by atoms with Crippen molar-refractivity contribution in [1.82, 2.24) is 40.7 Å². The van der Waals surface area contributed by atoms with Gasteiger partial charge in [0.1, 0.15) is 49.2 Å². The molecule has 1 aliphatic heterocycles. The van der Waals surface area contributed by atoms with Crippen LogP contribution in [0.15, 0.2) is 60.4 Å². The Morgan fingerprint density at radius 2 is 1.67 bits per heavy atom. The van der Waals surface area contributed by atoms with Crippen LogP contribution in [0.2, 0.25) is 5.02 Å². The van der Waals surface area contributed by atoms with Gasteiger partial charge >= 0.3 is 7.82 Å². The average Bonchev–Trinajstić information content (AvgIpc) is 3.98. The van der Waals surface area contributed by atoms with Gasteiger partial charge in [0.15, 0.2) is 0 Å². The summed E-state index contributed by atoms with van der Waals surface area (Å²) in [7, 11) is -5.13. The van der Waals surface area contributed by atoms with Gasteiger partial charge in [-0.1, -0.05) is 43.1 Å². The van der Waals surface area contributed by atoms with Crippen molar-refractivity contribution in [3.63, 3.8) is 0 Å². The number of aliphatic hydroxyl groups is 1. The first-order valence-electron chi connectivity index (χ1n) is 22.8. The van der Waals surface area contributed by atoms with Gasteiger partial charge in [-0.05, 0) is 75.6 Å². The minimum Gasteiger partial charge on any atom is -0.488 e. The van der Waals surface area contributed by atoms with Crippen LogP contribution in [-0.4, -0.2) is 132 Å². The number of halogens is 1. The lowest BCUT2D eigenvalue weighted by atomic mass is 10.0. The van der Waals surface area contributed by atoms with Crippen LogP contribution < -0.4 is 31.7 Å². The van der Waals surface area contributed by atoms with Gasteiger partial charge < -0.3 is 60.9 Å². The Labute approximate surface area is 410 Å². The number of phosphoric ester groups is 1. The number of nitrogens with one attached hydrogen (secondary N) is 4. The topological polar surface area (TPSA) is 328 Å². The number of unbranched alkanes of at least 4 members (excludes halogenated alkanes) is 3. The van der Waals surface area contributed by atoms with Crippen molar-refractivity contribution in [3.8, 4) is 5.75 Å². The maximum atomic E-state index is 14.1. The molecule has 1 aromatic carbocycles. The average molecular weight is 1020 g/mol. The third-order valence-corrected chi connectivity index (χ3v) is 11.9. The van der Waals surface area contributed by atoms with Gasteiger partial charge in [0.25, 0.3) is 0 Å². The van der Waals surface area contributed by atoms with Gasteiger partial charge in [0.2, 0.25) is 35.4 Å². The molecule has 70 heavy (non-hydrogen) atoms. The zero-order chi connectivity index (χ0) is 51.4. The predicted molar refractivity (Wildman–Crippen MR) is 254 cm³/mol.